The molecule has 2 atom stereocenters. The molecule has 1 aliphatic heterocycles. The van der Waals surface area contributed by atoms with E-state index in [0.29, 0.717) is 5.69 Å². The van der Waals surface area contributed by atoms with Gasteiger partial charge in [0.1, 0.15) is 11.9 Å². The van der Waals surface area contributed by atoms with Crippen molar-refractivity contribution in [3.05, 3.63) is 42.0 Å². The second-order valence-corrected chi connectivity index (χ2v) is 8.44. The van der Waals surface area contributed by atoms with Gasteiger partial charge in [0, 0.05) is 25.2 Å². The number of hydrogen-bond donors (Lipinski definition) is 1. The van der Waals surface area contributed by atoms with Gasteiger partial charge in [-0.25, -0.2) is 9.18 Å². The lowest BCUT2D eigenvalue weighted by Gasteiger charge is -2.41. The topological polar surface area (TPSA) is 84.0 Å². The van der Waals surface area contributed by atoms with E-state index >= 15 is 4.39 Å². The van der Waals surface area contributed by atoms with E-state index in [1.165, 1.54) is 36.0 Å². The number of likely N-dealkylation sites (tertiary alicyclic amines) is 1. The molecular formula is C24H29F3N4O4. The van der Waals surface area contributed by atoms with Crippen molar-refractivity contribution in [3.8, 4) is 11.8 Å². The molecule has 0 unspecified atom stereocenters. The Bertz CT molecular complexity index is 1050. The number of hydrogen-bond acceptors (Lipinski definition) is 5. The highest BCUT2D eigenvalue weighted by atomic mass is 19.3. The molecule has 0 radical (unpaired) electrons. The Labute approximate surface area is 202 Å². The predicted octanol–water partition coefficient (Wildman–Crippen LogP) is 4.81. The second kappa shape index (κ2) is 11.3. The number of ether oxygens (including phenoxy) is 2. The molecule has 3 rings (SSSR count). The molecule has 1 saturated heterocycles. The largest absolute Gasteiger partial charge is 0.481 e. The molecule has 0 bridgehead atoms. The SMILES string of the molecule is COc1ccc(NC(=O)N(c2ccccc2C(C)C)[C@H]2CCN(C(C)=O)C[C@H]2F)c(OC(F)F)n1. The van der Waals surface area contributed by atoms with Gasteiger partial charge in [0.25, 0.3) is 0 Å². The van der Waals surface area contributed by atoms with Crippen molar-refractivity contribution in [3.63, 3.8) is 0 Å². The fraction of sp³-hybridized carbons (Fsp3) is 0.458. The average molecular weight is 495 g/mol. The van der Waals surface area contributed by atoms with Gasteiger partial charge in [-0.05, 0) is 30.0 Å². The van der Waals surface area contributed by atoms with Crippen molar-refractivity contribution in [2.75, 3.05) is 30.4 Å². The van der Waals surface area contributed by atoms with Crippen molar-refractivity contribution >= 4 is 23.3 Å². The molecule has 11 heteroatoms. The number of piperidine rings is 1. The Hall–Kier alpha value is -3.50. The van der Waals surface area contributed by atoms with Gasteiger partial charge >= 0.3 is 12.6 Å². The van der Waals surface area contributed by atoms with Crippen LogP contribution in [0.2, 0.25) is 0 Å². The van der Waals surface area contributed by atoms with Crippen molar-refractivity contribution in [2.45, 2.75) is 51.9 Å². The van der Waals surface area contributed by atoms with Crippen LogP contribution in [0.1, 0.15) is 38.7 Å². The summed E-state index contributed by atoms with van der Waals surface area (Å²) in [5.74, 6) is -0.755. The van der Waals surface area contributed by atoms with Crippen LogP contribution >= 0.6 is 0 Å². The summed E-state index contributed by atoms with van der Waals surface area (Å²) in [6.07, 6.45) is -1.33. The molecule has 2 aromatic rings. The Morgan fingerprint density at radius 1 is 1.20 bits per heavy atom. The number of aromatic nitrogens is 1. The number of alkyl halides is 3. The lowest BCUT2D eigenvalue weighted by Crippen LogP contribution is -2.56. The zero-order chi connectivity index (χ0) is 25.7. The number of carbonyl (C=O) groups is 2. The van der Waals surface area contributed by atoms with Crippen LogP contribution in [0.4, 0.5) is 29.3 Å². The van der Waals surface area contributed by atoms with Gasteiger partial charge in [-0.2, -0.15) is 13.8 Å². The van der Waals surface area contributed by atoms with E-state index in [4.69, 9.17) is 4.74 Å². The summed E-state index contributed by atoms with van der Waals surface area (Å²) in [6.45, 7) is 2.20. The monoisotopic (exact) mass is 494 g/mol. The molecule has 3 amide bonds. The average Bonchev–Trinajstić information content (AvgIpc) is 2.81. The van der Waals surface area contributed by atoms with Crippen molar-refractivity contribution in [1.82, 2.24) is 9.88 Å². The van der Waals surface area contributed by atoms with E-state index in [9.17, 15) is 18.4 Å². The molecule has 1 aromatic heterocycles. The van der Waals surface area contributed by atoms with Crippen molar-refractivity contribution in [1.29, 1.82) is 0 Å². The molecule has 2 heterocycles. The number of benzene rings is 1. The number of urea groups is 1. The Morgan fingerprint density at radius 2 is 1.91 bits per heavy atom. The van der Waals surface area contributed by atoms with Gasteiger partial charge in [-0.1, -0.05) is 32.0 Å². The van der Waals surface area contributed by atoms with Crippen LogP contribution in [0.3, 0.4) is 0 Å². The molecular weight excluding hydrogens is 465 g/mol. The van der Waals surface area contributed by atoms with Gasteiger partial charge in [0.2, 0.25) is 17.7 Å². The summed E-state index contributed by atoms with van der Waals surface area (Å²) in [5, 5.41) is 2.55. The number of para-hydroxylation sites is 1. The number of nitrogens with zero attached hydrogens (tertiary/aromatic N) is 3. The van der Waals surface area contributed by atoms with E-state index in [2.05, 4.69) is 15.0 Å². The maximum absolute atomic E-state index is 15.4. The third-order valence-electron chi connectivity index (χ3n) is 5.81. The molecule has 1 fully saturated rings. The zero-order valence-corrected chi connectivity index (χ0v) is 20.0. The van der Waals surface area contributed by atoms with Crippen LogP contribution in [-0.2, 0) is 4.79 Å². The van der Waals surface area contributed by atoms with Gasteiger partial charge in [-0.15, -0.1) is 0 Å². The molecule has 1 aromatic carbocycles. The molecule has 0 aliphatic carbocycles. The standard InChI is InChI=1S/C24H29F3N4O4/c1-14(2)16-7-5-6-8-19(16)31(20-11-12-30(15(3)32)13-17(20)25)24(33)28-18-9-10-21(34-4)29-22(18)35-23(26)27/h5-10,14,17,20,23H,11-13H2,1-4H3,(H,28,33)/t17-,20+/m1/s1. The molecule has 190 valence electrons. The Morgan fingerprint density at radius 3 is 2.51 bits per heavy atom. The highest BCUT2D eigenvalue weighted by molar-refractivity contribution is 6.03. The molecule has 35 heavy (non-hydrogen) atoms. The highest BCUT2D eigenvalue weighted by Crippen LogP contribution is 2.34. The van der Waals surface area contributed by atoms with Gasteiger partial charge in [-0.3, -0.25) is 9.69 Å². The third kappa shape index (κ3) is 6.14. The first-order valence-electron chi connectivity index (χ1n) is 11.2. The van der Waals surface area contributed by atoms with Crippen LogP contribution in [0.5, 0.6) is 11.8 Å². The number of amides is 3. The minimum Gasteiger partial charge on any atom is -0.481 e. The third-order valence-corrected chi connectivity index (χ3v) is 5.81. The first-order valence-corrected chi connectivity index (χ1v) is 11.2. The first kappa shape index (κ1) is 26.1. The number of halogens is 3. The fourth-order valence-corrected chi connectivity index (χ4v) is 4.09. The molecule has 0 spiro atoms. The number of rotatable bonds is 7. The maximum Gasteiger partial charge on any atom is 0.388 e. The molecule has 1 N–H and O–H groups in total. The quantitative estimate of drug-likeness (QED) is 0.597. The number of nitrogens with one attached hydrogen (secondary N) is 1. The van der Waals surface area contributed by atoms with Gasteiger partial charge < -0.3 is 19.7 Å². The van der Waals surface area contributed by atoms with Crippen LogP contribution in [-0.4, -0.2) is 60.8 Å². The lowest BCUT2D eigenvalue weighted by molar-refractivity contribution is -0.131. The zero-order valence-electron chi connectivity index (χ0n) is 20.0. The number of pyridine rings is 1. The second-order valence-electron chi connectivity index (χ2n) is 8.44. The smallest absolute Gasteiger partial charge is 0.388 e. The van der Waals surface area contributed by atoms with Crippen LogP contribution < -0.4 is 19.7 Å². The highest BCUT2D eigenvalue weighted by Gasteiger charge is 2.38. The Kier molecular flexibility index (Phi) is 8.42. The van der Waals surface area contributed by atoms with Gasteiger partial charge in [0.05, 0.1) is 19.7 Å². The number of methoxy groups -OCH3 is 1. The lowest BCUT2D eigenvalue weighted by atomic mass is 9.96. The van der Waals surface area contributed by atoms with E-state index in [-0.39, 0.29) is 42.9 Å². The minimum absolute atomic E-state index is 0.0113. The van der Waals surface area contributed by atoms with Crippen molar-refractivity contribution < 1.29 is 32.2 Å². The minimum atomic E-state index is -3.19. The summed E-state index contributed by atoms with van der Waals surface area (Å²) in [4.78, 5) is 31.9. The van der Waals surface area contributed by atoms with Crippen LogP contribution in [0.25, 0.3) is 0 Å². The van der Waals surface area contributed by atoms with E-state index in [1.807, 2.05) is 26.0 Å². The van der Waals surface area contributed by atoms with Crippen LogP contribution in [0.15, 0.2) is 36.4 Å². The summed E-state index contributed by atoms with van der Waals surface area (Å²) >= 11 is 0. The molecule has 0 saturated carbocycles. The van der Waals surface area contributed by atoms with Crippen LogP contribution in [0, 0.1) is 0 Å². The van der Waals surface area contributed by atoms with Gasteiger partial charge in [0.15, 0.2) is 0 Å². The molecule has 8 nitrogen and oxygen atoms in total. The fourth-order valence-electron chi connectivity index (χ4n) is 4.09. The number of carbonyl (C=O) groups excluding carboxylic acids is 2. The Balaban J connectivity index is 2.01. The first-order chi connectivity index (χ1) is 16.6. The van der Waals surface area contributed by atoms with E-state index in [0.717, 1.165) is 5.56 Å². The summed E-state index contributed by atoms with van der Waals surface area (Å²) in [5.41, 5.74) is 1.17. The number of anilines is 2. The summed E-state index contributed by atoms with van der Waals surface area (Å²) in [6, 6.07) is 8.18. The maximum atomic E-state index is 15.4. The van der Waals surface area contributed by atoms with Crippen molar-refractivity contribution in [2.24, 2.45) is 0 Å². The normalized spacial score (nSPS) is 17.9. The predicted molar refractivity (Wildman–Crippen MR) is 125 cm³/mol. The molecule has 1 aliphatic rings. The van der Waals surface area contributed by atoms with E-state index in [1.54, 1.807) is 12.1 Å². The summed E-state index contributed by atoms with van der Waals surface area (Å²) < 4.78 is 50.8. The van der Waals surface area contributed by atoms with E-state index < -0.39 is 30.7 Å². The summed E-state index contributed by atoms with van der Waals surface area (Å²) in [7, 11) is 1.31.